The molecule has 10 rings (SSSR count). The molecule has 4 heteroatoms. The van der Waals surface area contributed by atoms with Gasteiger partial charge >= 0.3 is 0 Å². The third-order valence-corrected chi connectivity index (χ3v) is 10.8. The van der Waals surface area contributed by atoms with Crippen LogP contribution in [0.5, 0.6) is 0 Å². The molecule has 4 nitrogen and oxygen atoms in total. The Balaban J connectivity index is 0.980. The molecule has 0 bridgehead atoms. The molecule has 0 amide bonds. The number of benzene rings is 8. The van der Waals surface area contributed by atoms with Gasteiger partial charge in [-0.25, -0.2) is 9.97 Å². The Morgan fingerprint density at radius 1 is 0.333 bits per heavy atom. The van der Waals surface area contributed by atoms with Gasteiger partial charge in [0.25, 0.3) is 0 Å². The van der Waals surface area contributed by atoms with E-state index in [1.807, 2.05) is 12.1 Å². The molecule has 0 spiro atoms. The van der Waals surface area contributed by atoms with Crippen molar-refractivity contribution in [2.75, 3.05) is 0 Å². The lowest BCUT2D eigenvalue weighted by Crippen LogP contribution is -1.93. The maximum Gasteiger partial charge on any atom is 0.140 e. The average Bonchev–Trinajstić information content (AvgIpc) is 3.76. The molecule has 0 radical (unpaired) electrons. The minimum atomic E-state index is 0.956. The Bertz CT molecular complexity index is 2770. The predicted octanol–water partition coefficient (Wildman–Crippen LogP) is 12.6. The molecule has 256 valence electrons. The summed E-state index contributed by atoms with van der Waals surface area (Å²) in [6.45, 7) is 0. The van der Waals surface area contributed by atoms with Crippen LogP contribution in [-0.4, -0.2) is 19.1 Å². The minimum Gasteiger partial charge on any atom is -0.327 e. The highest BCUT2D eigenvalue weighted by Crippen LogP contribution is 2.38. The lowest BCUT2D eigenvalue weighted by Gasteiger charge is -2.14. The summed E-state index contributed by atoms with van der Waals surface area (Å²) in [5, 5.41) is 2.46. The van der Waals surface area contributed by atoms with Gasteiger partial charge in [-0.15, -0.1) is 0 Å². The molecule has 0 fully saturated rings. The summed E-state index contributed by atoms with van der Waals surface area (Å²) in [6, 6.07) is 65.0. The van der Waals surface area contributed by atoms with E-state index in [0.717, 1.165) is 44.8 Å². The number of hydrogen-bond donors (Lipinski definition) is 0. The highest BCUT2D eigenvalue weighted by molar-refractivity contribution is 6.06. The Morgan fingerprint density at radius 2 is 0.722 bits per heavy atom. The fourth-order valence-electron chi connectivity index (χ4n) is 7.96. The molecule has 2 aromatic heterocycles. The van der Waals surface area contributed by atoms with Gasteiger partial charge in [-0.3, -0.25) is 0 Å². The monoisotopic (exact) mass is 692 g/mol. The third-order valence-electron chi connectivity index (χ3n) is 10.8. The maximum atomic E-state index is 5.09. The van der Waals surface area contributed by atoms with Gasteiger partial charge in [0.2, 0.25) is 0 Å². The van der Waals surface area contributed by atoms with Crippen molar-refractivity contribution in [1.29, 1.82) is 0 Å². The molecular formula is C50H36N4. The Hall–Kier alpha value is -7.04. The summed E-state index contributed by atoms with van der Waals surface area (Å²) < 4.78 is 4.38. The van der Waals surface area contributed by atoms with Crippen LogP contribution < -0.4 is 0 Å². The topological polar surface area (TPSA) is 35.6 Å². The van der Waals surface area contributed by atoms with E-state index in [9.17, 15) is 0 Å². The smallest absolute Gasteiger partial charge is 0.140 e. The van der Waals surface area contributed by atoms with Crippen LogP contribution in [-0.2, 0) is 14.1 Å². The van der Waals surface area contributed by atoms with Gasteiger partial charge in [0.1, 0.15) is 11.6 Å². The molecule has 54 heavy (non-hydrogen) atoms. The van der Waals surface area contributed by atoms with Crippen molar-refractivity contribution in [3.8, 4) is 67.3 Å². The zero-order valence-corrected chi connectivity index (χ0v) is 30.1. The first kappa shape index (κ1) is 31.7. The van der Waals surface area contributed by atoms with Crippen molar-refractivity contribution in [2.45, 2.75) is 0 Å². The second-order valence-electron chi connectivity index (χ2n) is 14.0. The standard InChI is InChI=1S/C50H36N4/c1-53-46-29-27-40(33-11-5-3-6-12-33)31-44(46)51-49(53)38-23-19-35(20-24-38)42-17-9-15-37-16-10-18-43(48(37)42)36-21-25-39(26-22-36)50-52-45-32-41(28-30-47(45)54(50)2)34-13-7-4-8-14-34/h3-32H,1-2H3. The first-order chi connectivity index (χ1) is 26.6. The van der Waals surface area contributed by atoms with Crippen molar-refractivity contribution in [3.05, 3.63) is 182 Å². The van der Waals surface area contributed by atoms with E-state index in [1.54, 1.807) is 0 Å². The van der Waals surface area contributed by atoms with Gasteiger partial charge in [0.05, 0.1) is 22.1 Å². The first-order valence-corrected chi connectivity index (χ1v) is 18.4. The van der Waals surface area contributed by atoms with Crippen LogP contribution in [0.25, 0.3) is 100 Å². The quantitative estimate of drug-likeness (QED) is 0.174. The second kappa shape index (κ2) is 12.9. The zero-order valence-electron chi connectivity index (χ0n) is 30.1. The summed E-state index contributed by atoms with van der Waals surface area (Å²) in [6.07, 6.45) is 0. The number of fused-ring (bicyclic) bond motifs is 3. The molecule has 2 heterocycles. The van der Waals surface area contributed by atoms with E-state index in [1.165, 1.54) is 55.3 Å². The molecule has 0 aliphatic rings. The van der Waals surface area contributed by atoms with E-state index >= 15 is 0 Å². The lowest BCUT2D eigenvalue weighted by atomic mass is 9.91. The highest BCUT2D eigenvalue weighted by Gasteiger charge is 2.15. The summed E-state index contributed by atoms with van der Waals surface area (Å²) in [5.74, 6) is 1.91. The molecular weight excluding hydrogens is 657 g/mol. The van der Waals surface area contributed by atoms with Crippen molar-refractivity contribution < 1.29 is 0 Å². The van der Waals surface area contributed by atoms with Gasteiger partial charge in [-0.05, 0) is 79.5 Å². The van der Waals surface area contributed by atoms with Gasteiger partial charge in [0.15, 0.2) is 0 Å². The van der Waals surface area contributed by atoms with E-state index in [-0.39, 0.29) is 0 Å². The average molecular weight is 693 g/mol. The van der Waals surface area contributed by atoms with Crippen molar-refractivity contribution in [3.63, 3.8) is 0 Å². The summed E-state index contributed by atoms with van der Waals surface area (Å²) in [4.78, 5) is 10.2. The first-order valence-electron chi connectivity index (χ1n) is 18.4. The SMILES string of the molecule is Cn1c(-c2ccc(-c3cccc4cccc(-c5ccc(-c6nc7cc(-c8ccccc8)ccc7n6C)cc5)c34)cc2)nc2cc(-c3ccccc3)ccc21. The molecule has 0 saturated carbocycles. The summed E-state index contributed by atoms with van der Waals surface area (Å²) in [7, 11) is 4.20. The fourth-order valence-corrected chi connectivity index (χ4v) is 7.96. The minimum absolute atomic E-state index is 0.956. The van der Waals surface area contributed by atoms with Gasteiger partial charge < -0.3 is 9.13 Å². The molecule has 0 aliphatic heterocycles. The third kappa shape index (κ3) is 5.39. The van der Waals surface area contributed by atoms with E-state index in [4.69, 9.17) is 9.97 Å². The molecule has 8 aromatic carbocycles. The maximum absolute atomic E-state index is 5.09. The molecule has 0 aliphatic carbocycles. The predicted molar refractivity (Wildman–Crippen MR) is 225 cm³/mol. The molecule has 0 N–H and O–H groups in total. The largest absolute Gasteiger partial charge is 0.327 e. The number of aryl methyl sites for hydroxylation is 2. The van der Waals surface area contributed by atoms with Crippen molar-refractivity contribution >= 4 is 32.8 Å². The summed E-state index contributed by atoms with van der Waals surface area (Å²) in [5.41, 5.74) is 15.9. The summed E-state index contributed by atoms with van der Waals surface area (Å²) >= 11 is 0. The molecule has 10 aromatic rings. The van der Waals surface area contributed by atoms with E-state index in [0.29, 0.717) is 0 Å². The van der Waals surface area contributed by atoms with Crippen LogP contribution in [0.15, 0.2) is 182 Å². The normalized spacial score (nSPS) is 11.5. The Morgan fingerprint density at radius 3 is 1.15 bits per heavy atom. The van der Waals surface area contributed by atoms with E-state index < -0.39 is 0 Å². The fraction of sp³-hybridized carbons (Fsp3) is 0.0400. The van der Waals surface area contributed by atoms with Crippen LogP contribution in [0.4, 0.5) is 0 Å². The van der Waals surface area contributed by atoms with Crippen LogP contribution in [0.1, 0.15) is 0 Å². The number of hydrogen-bond acceptors (Lipinski definition) is 2. The zero-order chi connectivity index (χ0) is 36.2. The lowest BCUT2D eigenvalue weighted by molar-refractivity contribution is 0.959. The van der Waals surface area contributed by atoms with Crippen molar-refractivity contribution in [1.82, 2.24) is 19.1 Å². The van der Waals surface area contributed by atoms with Crippen LogP contribution in [0, 0.1) is 0 Å². The highest BCUT2D eigenvalue weighted by atomic mass is 15.1. The number of imidazole rings is 2. The number of nitrogens with zero attached hydrogens (tertiary/aromatic N) is 4. The van der Waals surface area contributed by atoms with Crippen LogP contribution in [0.3, 0.4) is 0 Å². The van der Waals surface area contributed by atoms with Gasteiger partial charge in [0, 0.05) is 25.2 Å². The Kier molecular flexibility index (Phi) is 7.55. The van der Waals surface area contributed by atoms with Crippen LogP contribution in [0.2, 0.25) is 0 Å². The van der Waals surface area contributed by atoms with Crippen molar-refractivity contribution in [2.24, 2.45) is 14.1 Å². The number of rotatable bonds is 6. The van der Waals surface area contributed by atoms with Crippen LogP contribution >= 0.6 is 0 Å². The van der Waals surface area contributed by atoms with Gasteiger partial charge in [-0.2, -0.15) is 0 Å². The number of aromatic nitrogens is 4. The van der Waals surface area contributed by atoms with E-state index in [2.05, 4.69) is 193 Å². The Labute approximate surface area is 314 Å². The molecule has 0 atom stereocenters. The molecule has 0 saturated heterocycles. The van der Waals surface area contributed by atoms with Gasteiger partial charge in [-0.1, -0.05) is 158 Å². The molecule has 0 unspecified atom stereocenters. The second-order valence-corrected chi connectivity index (χ2v) is 14.0.